The van der Waals surface area contributed by atoms with Gasteiger partial charge in [0.1, 0.15) is 0 Å². The number of methoxy groups -OCH3 is 1. The molecule has 2 unspecified atom stereocenters. The zero-order chi connectivity index (χ0) is 25.5. The summed E-state index contributed by atoms with van der Waals surface area (Å²) in [5.74, 6) is 2.28. The van der Waals surface area contributed by atoms with Crippen LogP contribution < -0.4 is 0 Å². The summed E-state index contributed by atoms with van der Waals surface area (Å²) in [5.41, 5.74) is 2.95. The van der Waals surface area contributed by atoms with Gasteiger partial charge < -0.3 is 9.47 Å². The van der Waals surface area contributed by atoms with Gasteiger partial charge in [-0.1, -0.05) is 57.0 Å². The second-order valence-electron chi connectivity index (χ2n) is 12.7. The lowest BCUT2D eigenvalue weighted by molar-refractivity contribution is -0.152. The Morgan fingerprint density at radius 2 is 1.81 bits per heavy atom. The molecule has 0 amide bonds. The minimum absolute atomic E-state index is 0.282. The molecule has 36 heavy (non-hydrogen) atoms. The van der Waals surface area contributed by atoms with Crippen molar-refractivity contribution in [3.63, 3.8) is 0 Å². The predicted molar refractivity (Wildman–Crippen MR) is 141 cm³/mol. The first kappa shape index (κ1) is 25.5. The first-order chi connectivity index (χ1) is 17.3. The first-order valence-electron chi connectivity index (χ1n) is 14.3. The Balaban J connectivity index is 1.30. The van der Waals surface area contributed by atoms with Gasteiger partial charge in [0.25, 0.3) is 0 Å². The summed E-state index contributed by atoms with van der Waals surface area (Å²) < 4.78 is 10.8. The fourth-order valence-electron chi connectivity index (χ4n) is 9.27. The molecule has 0 saturated heterocycles. The standard InChI is InChI=1S/C32H44O4/c1-21(20-28(30(34)35-4)36-29(33)22-10-6-5-7-11-22)25-15-16-26-24-14-13-23-12-8-9-18-31(23,2)27(24)17-19-32(25,26)3/h5-7,10-11,13,21,24-28H,8-9,12,14-20H2,1-4H3/t21?,24-,25+,26-,27-,28?,31-,32+/m0/s1. The number of hydrogen-bond acceptors (Lipinski definition) is 4. The molecule has 0 radical (unpaired) electrons. The molecule has 5 rings (SSSR count). The lowest BCUT2D eigenvalue weighted by Crippen LogP contribution is -2.50. The Morgan fingerprint density at radius 1 is 1.03 bits per heavy atom. The van der Waals surface area contributed by atoms with E-state index in [1.165, 1.54) is 64.9 Å². The molecule has 0 N–H and O–H groups in total. The van der Waals surface area contributed by atoms with E-state index in [4.69, 9.17) is 9.47 Å². The number of rotatable bonds is 6. The predicted octanol–water partition coefficient (Wildman–Crippen LogP) is 7.38. The zero-order valence-electron chi connectivity index (χ0n) is 22.6. The quantitative estimate of drug-likeness (QED) is 0.307. The van der Waals surface area contributed by atoms with E-state index in [0.29, 0.717) is 28.7 Å². The Bertz CT molecular complexity index is 999. The summed E-state index contributed by atoms with van der Waals surface area (Å²) in [7, 11) is 1.38. The van der Waals surface area contributed by atoms with Crippen molar-refractivity contribution in [2.45, 2.75) is 91.1 Å². The smallest absolute Gasteiger partial charge is 0.347 e. The molecule has 0 spiro atoms. The molecule has 196 valence electrons. The molecular weight excluding hydrogens is 448 g/mol. The molecule has 0 aliphatic heterocycles. The number of carbonyl (C=O) groups is 2. The van der Waals surface area contributed by atoms with Crippen molar-refractivity contribution in [2.75, 3.05) is 7.11 Å². The minimum atomic E-state index is -0.863. The normalized spacial score (nSPS) is 36.9. The number of ether oxygens (including phenoxy) is 2. The third kappa shape index (κ3) is 4.33. The van der Waals surface area contributed by atoms with Crippen LogP contribution in [0.1, 0.15) is 95.3 Å². The molecule has 0 aromatic heterocycles. The fraction of sp³-hybridized carbons (Fsp3) is 0.688. The average Bonchev–Trinajstić information content (AvgIpc) is 3.25. The van der Waals surface area contributed by atoms with E-state index in [2.05, 4.69) is 26.8 Å². The van der Waals surface area contributed by atoms with Crippen molar-refractivity contribution < 1.29 is 19.1 Å². The highest BCUT2D eigenvalue weighted by Crippen LogP contribution is 2.67. The van der Waals surface area contributed by atoms with Crippen LogP contribution in [0.3, 0.4) is 0 Å². The van der Waals surface area contributed by atoms with Crippen LogP contribution in [0.4, 0.5) is 0 Å². The van der Waals surface area contributed by atoms with Gasteiger partial charge in [0.15, 0.2) is 6.10 Å². The second-order valence-corrected chi connectivity index (χ2v) is 12.7. The van der Waals surface area contributed by atoms with Crippen LogP contribution in [0.5, 0.6) is 0 Å². The Morgan fingerprint density at radius 3 is 2.56 bits per heavy atom. The van der Waals surface area contributed by atoms with E-state index in [1.807, 2.05) is 6.07 Å². The van der Waals surface area contributed by atoms with Gasteiger partial charge in [0, 0.05) is 0 Å². The van der Waals surface area contributed by atoms with Crippen LogP contribution in [-0.4, -0.2) is 25.2 Å². The molecule has 4 aliphatic rings. The van der Waals surface area contributed by atoms with Gasteiger partial charge in [-0.15, -0.1) is 0 Å². The summed E-state index contributed by atoms with van der Waals surface area (Å²) in [5, 5.41) is 0. The zero-order valence-corrected chi connectivity index (χ0v) is 22.6. The molecule has 4 nitrogen and oxygen atoms in total. The lowest BCUT2D eigenvalue weighted by Gasteiger charge is -2.58. The van der Waals surface area contributed by atoms with Crippen molar-refractivity contribution in [3.8, 4) is 0 Å². The van der Waals surface area contributed by atoms with Crippen molar-refractivity contribution in [3.05, 3.63) is 47.5 Å². The highest BCUT2D eigenvalue weighted by Gasteiger charge is 2.59. The molecule has 8 atom stereocenters. The molecule has 4 heteroatoms. The third-order valence-corrected chi connectivity index (χ3v) is 11.1. The van der Waals surface area contributed by atoms with Crippen LogP contribution >= 0.6 is 0 Å². The molecule has 3 fully saturated rings. The van der Waals surface area contributed by atoms with Gasteiger partial charge in [0.2, 0.25) is 0 Å². The van der Waals surface area contributed by atoms with Crippen LogP contribution in [0.15, 0.2) is 42.0 Å². The van der Waals surface area contributed by atoms with Crippen molar-refractivity contribution in [1.82, 2.24) is 0 Å². The molecule has 0 heterocycles. The van der Waals surface area contributed by atoms with Gasteiger partial charge in [-0.3, -0.25) is 0 Å². The van der Waals surface area contributed by atoms with Gasteiger partial charge in [0.05, 0.1) is 12.7 Å². The first-order valence-corrected chi connectivity index (χ1v) is 14.3. The summed E-state index contributed by atoms with van der Waals surface area (Å²) in [6, 6.07) is 8.91. The molecule has 1 aromatic rings. The summed E-state index contributed by atoms with van der Waals surface area (Å²) in [6.07, 6.45) is 14.1. The summed E-state index contributed by atoms with van der Waals surface area (Å²) in [4.78, 5) is 25.4. The van der Waals surface area contributed by atoms with E-state index >= 15 is 0 Å². The highest BCUT2D eigenvalue weighted by atomic mass is 16.6. The van der Waals surface area contributed by atoms with E-state index in [-0.39, 0.29) is 5.92 Å². The van der Waals surface area contributed by atoms with Crippen molar-refractivity contribution in [1.29, 1.82) is 0 Å². The maximum absolute atomic E-state index is 12.7. The highest BCUT2D eigenvalue weighted by molar-refractivity contribution is 5.91. The average molecular weight is 493 g/mol. The van der Waals surface area contributed by atoms with Gasteiger partial charge in [-0.25, -0.2) is 9.59 Å². The Labute approximate surface area is 217 Å². The SMILES string of the molecule is COC(=O)C(CC(C)[C@H]1CC[C@H]2[C@@H]3CC=C4CCCC[C@]4(C)[C@H]3CC[C@]12C)OC(=O)c1ccccc1. The number of esters is 2. The lowest BCUT2D eigenvalue weighted by atomic mass is 9.47. The largest absolute Gasteiger partial charge is 0.466 e. The topological polar surface area (TPSA) is 52.6 Å². The van der Waals surface area contributed by atoms with Crippen LogP contribution in [-0.2, 0) is 14.3 Å². The van der Waals surface area contributed by atoms with E-state index in [9.17, 15) is 9.59 Å². The Kier molecular flexibility index (Phi) is 7.09. The molecule has 4 aliphatic carbocycles. The van der Waals surface area contributed by atoms with Crippen LogP contribution in [0.25, 0.3) is 0 Å². The van der Waals surface area contributed by atoms with Crippen molar-refractivity contribution in [2.24, 2.45) is 40.4 Å². The maximum Gasteiger partial charge on any atom is 0.347 e. The number of hydrogen-bond donors (Lipinski definition) is 0. The third-order valence-electron chi connectivity index (χ3n) is 11.1. The molecule has 3 saturated carbocycles. The summed E-state index contributed by atoms with van der Waals surface area (Å²) in [6.45, 7) is 7.38. The van der Waals surface area contributed by atoms with E-state index in [1.54, 1.807) is 29.8 Å². The fourth-order valence-corrected chi connectivity index (χ4v) is 9.27. The van der Waals surface area contributed by atoms with E-state index in [0.717, 1.165) is 17.8 Å². The van der Waals surface area contributed by atoms with Gasteiger partial charge in [-0.05, 0) is 110 Å². The summed E-state index contributed by atoms with van der Waals surface area (Å²) >= 11 is 0. The number of allylic oxidation sites excluding steroid dienone is 2. The monoisotopic (exact) mass is 492 g/mol. The van der Waals surface area contributed by atoms with Gasteiger partial charge in [-0.2, -0.15) is 0 Å². The molecular formula is C32H44O4. The maximum atomic E-state index is 12.7. The van der Waals surface area contributed by atoms with Crippen molar-refractivity contribution >= 4 is 11.9 Å². The van der Waals surface area contributed by atoms with Gasteiger partial charge >= 0.3 is 11.9 Å². The number of benzene rings is 1. The Hall–Kier alpha value is -2.10. The van der Waals surface area contributed by atoms with Crippen LogP contribution in [0, 0.1) is 40.4 Å². The molecule has 1 aromatic carbocycles. The van der Waals surface area contributed by atoms with Crippen LogP contribution in [0.2, 0.25) is 0 Å². The number of fused-ring (bicyclic) bond motifs is 5. The second kappa shape index (κ2) is 9.99. The minimum Gasteiger partial charge on any atom is -0.466 e. The number of carbonyl (C=O) groups excluding carboxylic acids is 2. The van der Waals surface area contributed by atoms with E-state index < -0.39 is 18.0 Å². The molecule has 0 bridgehead atoms.